The summed E-state index contributed by atoms with van der Waals surface area (Å²) >= 11 is 0. The minimum atomic E-state index is -0.283. The molecule has 0 aromatic carbocycles. The number of aromatic nitrogens is 6. The minimum absolute atomic E-state index is 0.157. The summed E-state index contributed by atoms with van der Waals surface area (Å²) in [7, 11) is 0. The molecule has 1 aliphatic rings. The number of carbonyl (C=O) groups is 1. The summed E-state index contributed by atoms with van der Waals surface area (Å²) in [5.74, 6) is 0.248. The second-order valence-corrected chi connectivity index (χ2v) is 7.27. The molecule has 1 fully saturated rings. The number of nitrogens with zero attached hydrogens (tertiary/aromatic N) is 7. The van der Waals surface area contributed by atoms with E-state index in [9.17, 15) is 9.59 Å². The summed E-state index contributed by atoms with van der Waals surface area (Å²) in [6, 6.07) is 7.38. The third-order valence-electron chi connectivity index (χ3n) is 5.45. The Bertz CT molecular complexity index is 1360. The van der Waals surface area contributed by atoms with Crippen LogP contribution in [0.15, 0.2) is 41.6 Å². The van der Waals surface area contributed by atoms with Crippen LogP contribution in [0.25, 0.3) is 28.3 Å². The number of amides is 1. The average molecular weight is 402 g/mol. The molecule has 1 saturated heterocycles. The van der Waals surface area contributed by atoms with Crippen LogP contribution < -0.4 is 5.69 Å². The second-order valence-electron chi connectivity index (χ2n) is 7.27. The molecule has 10 heteroatoms. The molecule has 0 bridgehead atoms. The van der Waals surface area contributed by atoms with Crippen LogP contribution in [-0.2, 0) is 4.79 Å². The number of nitriles is 1. The first-order valence-corrected chi connectivity index (χ1v) is 9.70. The van der Waals surface area contributed by atoms with Crippen LogP contribution in [0.1, 0.15) is 25.3 Å². The number of carbonyl (C=O) groups excluding carboxylic acids is 1. The van der Waals surface area contributed by atoms with Crippen molar-refractivity contribution in [2.75, 3.05) is 13.1 Å². The average Bonchev–Trinajstić information content (AvgIpc) is 3.33. The fraction of sp³-hybridized carbons (Fsp3) is 0.300. The van der Waals surface area contributed by atoms with Crippen LogP contribution in [0.2, 0.25) is 0 Å². The van der Waals surface area contributed by atoms with Gasteiger partial charge in [0.1, 0.15) is 23.3 Å². The number of pyridine rings is 1. The first-order chi connectivity index (χ1) is 14.7. The first-order valence-electron chi connectivity index (χ1n) is 9.70. The number of H-pyrrole nitrogens is 1. The van der Waals surface area contributed by atoms with Gasteiger partial charge in [-0.2, -0.15) is 5.26 Å². The minimum Gasteiger partial charge on any atom is -0.340 e. The van der Waals surface area contributed by atoms with E-state index in [1.165, 1.54) is 0 Å². The van der Waals surface area contributed by atoms with Crippen molar-refractivity contribution in [2.45, 2.75) is 25.3 Å². The van der Waals surface area contributed by atoms with Crippen LogP contribution in [0.5, 0.6) is 0 Å². The SMILES string of the molecule is N#CCC(=O)N1CCC[C@H](n2c(=O)[nH]c3cnc(-c4cnc5ccccn45)nc32)C1. The van der Waals surface area contributed by atoms with Gasteiger partial charge in [0.15, 0.2) is 11.5 Å². The predicted octanol–water partition coefficient (Wildman–Crippen LogP) is 1.51. The zero-order valence-corrected chi connectivity index (χ0v) is 16.0. The molecular formula is C20H18N8O2. The third-order valence-corrected chi connectivity index (χ3v) is 5.45. The van der Waals surface area contributed by atoms with Gasteiger partial charge in [-0.05, 0) is 25.0 Å². The number of hydrogen-bond donors (Lipinski definition) is 1. The molecule has 0 aliphatic carbocycles. The number of nitrogens with one attached hydrogen (secondary N) is 1. The van der Waals surface area contributed by atoms with Crippen molar-refractivity contribution < 1.29 is 4.79 Å². The van der Waals surface area contributed by atoms with Gasteiger partial charge in [-0.15, -0.1) is 0 Å². The van der Waals surface area contributed by atoms with Gasteiger partial charge in [0, 0.05) is 19.3 Å². The molecule has 150 valence electrons. The highest BCUT2D eigenvalue weighted by atomic mass is 16.2. The van der Waals surface area contributed by atoms with E-state index in [4.69, 9.17) is 5.26 Å². The Labute approximate surface area is 170 Å². The first kappa shape index (κ1) is 18.1. The van der Waals surface area contributed by atoms with E-state index in [1.807, 2.05) is 34.9 Å². The van der Waals surface area contributed by atoms with Crippen molar-refractivity contribution in [1.29, 1.82) is 5.26 Å². The van der Waals surface area contributed by atoms with E-state index in [1.54, 1.807) is 21.9 Å². The van der Waals surface area contributed by atoms with Crippen LogP contribution in [-0.4, -0.2) is 52.8 Å². The molecule has 1 N–H and O–H groups in total. The van der Waals surface area contributed by atoms with Crippen molar-refractivity contribution in [2.24, 2.45) is 0 Å². The van der Waals surface area contributed by atoms with Gasteiger partial charge in [0.25, 0.3) is 0 Å². The molecule has 30 heavy (non-hydrogen) atoms. The van der Waals surface area contributed by atoms with Gasteiger partial charge >= 0.3 is 5.69 Å². The summed E-state index contributed by atoms with van der Waals surface area (Å²) in [6.07, 6.45) is 6.53. The maximum Gasteiger partial charge on any atom is 0.328 e. The van der Waals surface area contributed by atoms with E-state index in [-0.39, 0.29) is 24.1 Å². The number of hydrogen-bond acceptors (Lipinski definition) is 6. The van der Waals surface area contributed by atoms with Gasteiger partial charge in [0.2, 0.25) is 5.91 Å². The normalized spacial score (nSPS) is 16.8. The molecule has 5 rings (SSSR count). The van der Waals surface area contributed by atoms with Crippen molar-refractivity contribution in [1.82, 2.24) is 33.8 Å². The second kappa shape index (κ2) is 7.11. The standard InChI is InChI=1S/C20H18N8O2/c21-7-6-17(29)26-8-3-4-13(12-26)28-19-14(24-20(28)30)10-23-18(25-19)15-11-22-16-5-1-2-9-27(15)16/h1-2,5,9-11,13H,3-4,6,8,12H2,(H,24,30)/t13-/m0/s1. The lowest BCUT2D eigenvalue weighted by Gasteiger charge is -2.32. The quantitative estimate of drug-likeness (QED) is 0.554. The van der Waals surface area contributed by atoms with Crippen molar-refractivity contribution in [3.8, 4) is 17.6 Å². The van der Waals surface area contributed by atoms with E-state index >= 15 is 0 Å². The number of piperidine rings is 1. The third kappa shape index (κ3) is 2.91. The highest BCUT2D eigenvalue weighted by Crippen LogP contribution is 2.25. The Morgan fingerprint density at radius 2 is 2.20 bits per heavy atom. The highest BCUT2D eigenvalue weighted by molar-refractivity contribution is 5.78. The maximum atomic E-state index is 12.7. The van der Waals surface area contributed by atoms with Crippen LogP contribution in [0, 0.1) is 11.3 Å². The Morgan fingerprint density at radius 1 is 1.30 bits per heavy atom. The van der Waals surface area contributed by atoms with Gasteiger partial charge in [0.05, 0.1) is 24.5 Å². The van der Waals surface area contributed by atoms with Crippen molar-refractivity contribution in [3.63, 3.8) is 0 Å². The lowest BCUT2D eigenvalue weighted by atomic mass is 10.1. The molecule has 0 radical (unpaired) electrons. The summed E-state index contributed by atoms with van der Waals surface area (Å²) in [5, 5.41) is 8.82. The summed E-state index contributed by atoms with van der Waals surface area (Å²) in [5.41, 5.74) is 2.26. The topological polar surface area (TPSA) is 125 Å². The van der Waals surface area contributed by atoms with Crippen LogP contribution in [0.3, 0.4) is 0 Å². The molecule has 0 saturated carbocycles. The fourth-order valence-electron chi connectivity index (χ4n) is 4.05. The molecule has 1 aliphatic heterocycles. The molecule has 10 nitrogen and oxygen atoms in total. The van der Waals surface area contributed by atoms with Gasteiger partial charge in [-0.1, -0.05) is 6.07 Å². The Balaban J connectivity index is 1.57. The highest BCUT2D eigenvalue weighted by Gasteiger charge is 2.27. The van der Waals surface area contributed by atoms with Crippen LogP contribution >= 0.6 is 0 Å². The molecule has 5 heterocycles. The summed E-state index contributed by atoms with van der Waals surface area (Å²) in [6.45, 7) is 0.971. The molecular weight excluding hydrogens is 384 g/mol. The summed E-state index contributed by atoms with van der Waals surface area (Å²) < 4.78 is 3.49. The van der Waals surface area contributed by atoms with E-state index in [2.05, 4.69) is 19.9 Å². The molecule has 4 aromatic rings. The predicted molar refractivity (Wildman–Crippen MR) is 107 cm³/mol. The number of rotatable bonds is 3. The number of likely N-dealkylation sites (tertiary alicyclic amines) is 1. The van der Waals surface area contributed by atoms with E-state index in [0.29, 0.717) is 30.1 Å². The number of imidazole rings is 2. The molecule has 0 unspecified atom stereocenters. The van der Waals surface area contributed by atoms with E-state index < -0.39 is 0 Å². The summed E-state index contributed by atoms with van der Waals surface area (Å²) in [4.78, 5) is 42.8. The van der Waals surface area contributed by atoms with Crippen molar-refractivity contribution in [3.05, 3.63) is 47.3 Å². The van der Waals surface area contributed by atoms with E-state index in [0.717, 1.165) is 24.2 Å². The van der Waals surface area contributed by atoms with Gasteiger partial charge < -0.3 is 9.88 Å². The fourth-order valence-corrected chi connectivity index (χ4v) is 4.05. The zero-order chi connectivity index (χ0) is 20.7. The van der Waals surface area contributed by atoms with Crippen molar-refractivity contribution >= 4 is 22.7 Å². The lowest BCUT2D eigenvalue weighted by molar-refractivity contribution is -0.131. The smallest absolute Gasteiger partial charge is 0.328 e. The van der Waals surface area contributed by atoms with Gasteiger partial charge in [-0.25, -0.2) is 19.7 Å². The molecule has 1 amide bonds. The largest absolute Gasteiger partial charge is 0.340 e. The Kier molecular flexibility index (Phi) is 4.28. The maximum absolute atomic E-state index is 12.7. The number of fused-ring (bicyclic) bond motifs is 2. The zero-order valence-electron chi connectivity index (χ0n) is 16.0. The van der Waals surface area contributed by atoms with Gasteiger partial charge in [-0.3, -0.25) is 13.8 Å². The molecule has 4 aromatic heterocycles. The molecule has 0 spiro atoms. The number of aromatic amines is 1. The molecule has 1 atom stereocenters. The lowest BCUT2D eigenvalue weighted by Crippen LogP contribution is -2.42. The Morgan fingerprint density at radius 3 is 3.07 bits per heavy atom. The monoisotopic (exact) mass is 402 g/mol. The van der Waals surface area contributed by atoms with Crippen LogP contribution in [0.4, 0.5) is 0 Å². The Hall–Kier alpha value is -4.00.